The van der Waals surface area contributed by atoms with E-state index in [0.29, 0.717) is 36.8 Å². The molecule has 180 valence electrons. The molecule has 1 aromatic carbocycles. The number of hydrogen-bond donors (Lipinski definition) is 1. The summed E-state index contributed by atoms with van der Waals surface area (Å²) in [5.74, 6) is 2.18. The van der Waals surface area contributed by atoms with Crippen LogP contribution in [-0.2, 0) is 11.2 Å². The number of ether oxygens (including phenoxy) is 2. The van der Waals surface area contributed by atoms with E-state index in [4.69, 9.17) is 14.5 Å². The van der Waals surface area contributed by atoms with Crippen molar-refractivity contribution >= 4 is 5.82 Å². The lowest BCUT2D eigenvalue weighted by Gasteiger charge is -2.24. The maximum atomic E-state index is 9.71. The molecule has 3 aromatic rings. The summed E-state index contributed by atoms with van der Waals surface area (Å²) >= 11 is 0. The van der Waals surface area contributed by atoms with Gasteiger partial charge >= 0.3 is 0 Å². The Kier molecular flexibility index (Phi) is 7.17. The minimum absolute atomic E-state index is 0.0748. The van der Waals surface area contributed by atoms with Crippen LogP contribution in [0.4, 0.5) is 5.82 Å². The van der Waals surface area contributed by atoms with Gasteiger partial charge in [0.05, 0.1) is 37.1 Å². The first-order valence-corrected chi connectivity index (χ1v) is 12.2. The molecule has 0 unspecified atom stereocenters. The molecule has 1 N–H and O–H groups in total. The average Bonchev–Trinajstić information content (AvgIpc) is 3.39. The van der Waals surface area contributed by atoms with E-state index in [1.807, 2.05) is 30.3 Å². The smallest absolute Gasteiger partial charge is 0.137 e. The largest absolute Gasteiger partial charge is 0.489 e. The van der Waals surface area contributed by atoms with Crippen molar-refractivity contribution < 1.29 is 14.6 Å². The van der Waals surface area contributed by atoms with Crippen LogP contribution in [0.2, 0.25) is 0 Å². The second-order valence-electron chi connectivity index (χ2n) is 8.98. The first kappa shape index (κ1) is 23.2. The van der Waals surface area contributed by atoms with Gasteiger partial charge in [-0.05, 0) is 54.8 Å². The summed E-state index contributed by atoms with van der Waals surface area (Å²) in [6.45, 7) is 2.42. The highest BCUT2D eigenvalue weighted by molar-refractivity contribution is 5.64. The molecule has 8 heteroatoms. The lowest BCUT2D eigenvalue weighted by molar-refractivity contribution is 0.0254. The summed E-state index contributed by atoms with van der Waals surface area (Å²) in [5, 5.41) is 19.4. The number of benzene rings is 1. The van der Waals surface area contributed by atoms with E-state index < -0.39 is 0 Å². The maximum Gasteiger partial charge on any atom is 0.137 e. The van der Waals surface area contributed by atoms with Crippen LogP contribution in [0.5, 0.6) is 5.75 Å². The van der Waals surface area contributed by atoms with E-state index in [1.165, 1.54) is 0 Å². The van der Waals surface area contributed by atoms with Crippen molar-refractivity contribution in [2.75, 3.05) is 31.3 Å². The average molecular weight is 472 g/mol. The summed E-state index contributed by atoms with van der Waals surface area (Å²) in [5.41, 5.74) is 3.17. The molecule has 0 radical (unpaired) electrons. The fourth-order valence-electron chi connectivity index (χ4n) is 4.74. The van der Waals surface area contributed by atoms with E-state index in [9.17, 15) is 10.4 Å². The normalized spacial score (nSPS) is 18.4. The van der Waals surface area contributed by atoms with Gasteiger partial charge in [-0.3, -0.25) is 0 Å². The topological polar surface area (TPSA) is 104 Å². The molecular formula is C27H29N5O3. The van der Waals surface area contributed by atoms with Crippen molar-refractivity contribution in [3.05, 3.63) is 65.7 Å². The SMILES string of the molecule is N#Cc1cc(-c2ccnc(Cc3ccnc(N4CCC[C@H]4CO)c3)n2)ccc1OC1CCOCC1. The van der Waals surface area contributed by atoms with Crippen LogP contribution in [0.1, 0.15) is 42.6 Å². The quantitative estimate of drug-likeness (QED) is 0.558. The third-order valence-electron chi connectivity index (χ3n) is 6.62. The number of nitriles is 1. The van der Waals surface area contributed by atoms with E-state index >= 15 is 0 Å². The fraction of sp³-hybridized carbons (Fsp3) is 0.407. The van der Waals surface area contributed by atoms with E-state index in [0.717, 1.165) is 54.9 Å². The van der Waals surface area contributed by atoms with Gasteiger partial charge in [-0.15, -0.1) is 0 Å². The predicted octanol–water partition coefficient (Wildman–Crippen LogP) is 3.52. The van der Waals surface area contributed by atoms with Crippen LogP contribution < -0.4 is 9.64 Å². The van der Waals surface area contributed by atoms with Gasteiger partial charge in [0.1, 0.15) is 29.6 Å². The number of hydrogen-bond acceptors (Lipinski definition) is 8. The molecular weight excluding hydrogens is 442 g/mol. The van der Waals surface area contributed by atoms with Crippen LogP contribution in [0.25, 0.3) is 11.3 Å². The Morgan fingerprint density at radius 1 is 1.09 bits per heavy atom. The van der Waals surface area contributed by atoms with Gasteiger partial charge < -0.3 is 19.5 Å². The molecule has 2 fully saturated rings. The molecule has 8 nitrogen and oxygen atoms in total. The lowest BCUT2D eigenvalue weighted by Crippen LogP contribution is -2.32. The number of pyridine rings is 1. The molecule has 1 atom stereocenters. The zero-order chi connectivity index (χ0) is 24.0. The van der Waals surface area contributed by atoms with Crippen molar-refractivity contribution in [2.24, 2.45) is 0 Å². The van der Waals surface area contributed by atoms with Crippen molar-refractivity contribution in [3.8, 4) is 23.1 Å². The molecule has 2 aliphatic heterocycles. The number of aromatic nitrogens is 3. The number of aliphatic hydroxyl groups excluding tert-OH is 1. The Labute approximate surface area is 205 Å². The Hall–Kier alpha value is -3.54. The second kappa shape index (κ2) is 10.8. The van der Waals surface area contributed by atoms with Gasteiger partial charge in [0, 0.05) is 43.8 Å². The van der Waals surface area contributed by atoms with E-state index in [-0.39, 0.29) is 18.8 Å². The monoisotopic (exact) mass is 471 g/mol. The highest BCUT2D eigenvalue weighted by Crippen LogP contribution is 2.28. The van der Waals surface area contributed by atoms with Crippen molar-refractivity contribution in [1.29, 1.82) is 5.26 Å². The Balaban J connectivity index is 1.33. The van der Waals surface area contributed by atoms with Crippen LogP contribution in [-0.4, -0.2) is 58.6 Å². The van der Waals surface area contributed by atoms with Crippen molar-refractivity contribution in [1.82, 2.24) is 15.0 Å². The Morgan fingerprint density at radius 3 is 2.77 bits per heavy atom. The lowest BCUT2D eigenvalue weighted by atomic mass is 10.1. The minimum atomic E-state index is 0.0748. The molecule has 0 amide bonds. The molecule has 2 saturated heterocycles. The zero-order valence-corrected chi connectivity index (χ0v) is 19.6. The number of nitrogens with zero attached hydrogens (tertiary/aromatic N) is 5. The summed E-state index contributed by atoms with van der Waals surface area (Å²) < 4.78 is 11.5. The van der Waals surface area contributed by atoms with Crippen LogP contribution in [0.15, 0.2) is 48.8 Å². The third kappa shape index (κ3) is 5.42. The molecule has 0 saturated carbocycles. The molecule has 2 aromatic heterocycles. The first-order chi connectivity index (χ1) is 17.2. The third-order valence-corrected chi connectivity index (χ3v) is 6.62. The molecule has 2 aliphatic rings. The van der Waals surface area contributed by atoms with Crippen LogP contribution >= 0.6 is 0 Å². The molecule has 0 bridgehead atoms. The highest BCUT2D eigenvalue weighted by Gasteiger charge is 2.25. The van der Waals surface area contributed by atoms with Gasteiger partial charge in [-0.25, -0.2) is 15.0 Å². The number of rotatable bonds is 7. The minimum Gasteiger partial charge on any atom is -0.489 e. The van der Waals surface area contributed by atoms with Crippen molar-refractivity contribution in [2.45, 2.75) is 44.2 Å². The summed E-state index contributed by atoms with van der Waals surface area (Å²) in [6, 6.07) is 13.9. The molecule has 35 heavy (non-hydrogen) atoms. The molecule has 5 rings (SSSR count). The summed E-state index contributed by atoms with van der Waals surface area (Å²) in [6.07, 6.45) is 7.90. The zero-order valence-electron chi connectivity index (χ0n) is 19.6. The Morgan fingerprint density at radius 2 is 1.94 bits per heavy atom. The number of anilines is 1. The highest BCUT2D eigenvalue weighted by atomic mass is 16.5. The summed E-state index contributed by atoms with van der Waals surface area (Å²) in [7, 11) is 0. The van der Waals surface area contributed by atoms with Crippen LogP contribution in [0, 0.1) is 11.3 Å². The van der Waals surface area contributed by atoms with Gasteiger partial charge in [0.25, 0.3) is 0 Å². The second-order valence-corrected chi connectivity index (χ2v) is 8.98. The maximum absolute atomic E-state index is 9.71. The van der Waals surface area contributed by atoms with E-state index in [1.54, 1.807) is 12.4 Å². The van der Waals surface area contributed by atoms with Crippen molar-refractivity contribution in [3.63, 3.8) is 0 Å². The van der Waals surface area contributed by atoms with E-state index in [2.05, 4.69) is 27.0 Å². The summed E-state index contributed by atoms with van der Waals surface area (Å²) in [4.78, 5) is 15.9. The predicted molar refractivity (Wildman–Crippen MR) is 131 cm³/mol. The molecule has 0 spiro atoms. The van der Waals surface area contributed by atoms with Gasteiger partial charge in [-0.2, -0.15) is 5.26 Å². The molecule has 4 heterocycles. The van der Waals surface area contributed by atoms with Crippen LogP contribution in [0.3, 0.4) is 0 Å². The fourth-order valence-corrected chi connectivity index (χ4v) is 4.74. The number of aliphatic hydroxyl groups is 1. The standard InChI is InChI=1S/C27H29N5O3/c28-17-21-16-20(3-4-25(21)35-23-7-12-34-13-8-23)24-6-10-29-26(31-24)14-19-5-9-30-27(15-19)32-11-1-2-22(32)18-33/h3-6,9-10,15-16,22-23,33H,1-2,7-8,11-14,18H2/t22-/m0/s1. The van der Waals surface area contributed by atoms with Gasteiger partial charge in [0.2, 0.25) is 0 Å². The Bertz CT molecular complexity index is 1210. The first-order valence-electron chi connectivity index (χ1n) is 12.2. The molecule has 0 aliphatic carbocycles. The van der Waals surface area contributed by atoms with Gasteiger partial charge in [0.15, 0.2) is 0 Å². The van der Waals surface area contributed by atoms with Gasteiger partial charge in [-0.1, -0.05) is 0 Å².